The first-order valence-electron chi connectivity index (χ1n) is 5.85. The second kappa shape index (κ2) is 7.51. The van der Waals surface area contributed by atoms with Crippen molar-refractivity contribution in [3.63, 3.8) is 0 Å². The van der Waals surface area contributed by atoms with Crippen molar-refractivity contribution in [2.45, 2.75) is 45.1 Å². The lowest BCUT2D eigenvalue weighted by Gasteiger charge is -2.25. The number of carbonyl (C=O) groups excluding carboxylic acids is 1. The zero-order valence-corrected chi connectivity index (χ0v) is 9.46. The summed E-state index contributed by atoms with van der Waals surface area (Å²) in [6.07, 6.45) is 5.27. The molecule has 0 aromatic carbocycles. The molecule has 0 aliphatic heterocycles. The van der Waals surface area contributed by atoms with E-state index in [1.807, 2.05) is 0 Å². The van der Waals surface area contributed by atoms with Crippen LogP contribution >= 0.6 is 0 Å². The number of hydrogen-bond donors (Lipinski definition) is 1. The van der Waals surface area contributed by atoms with Gasteiger partial charge in [-0.1, -0.05) is 13.3 Å². The van der Waals surface area contributed by atoms with E-state index in [9.17, 15) is 4.79 Å². The van der Waals surface area contributed by atoms with Crippen LogP contribution in [0, 0.1) is 0 Å². The van der Waals surface area contributed by atoms with Crippen LogP contribution in [0.2, 0.25) is 0 Å². The fraction of sp³-hybridized carbons (Fsp3) is 0.909. The first-order valence-corrected chi connectivity index (χ1v) is 5.85. The van der Waals surface area contributed by atoms with E-state index in [1.165, 1.54) is 6.42 Å². The Morgan fingerprint density at radius 2 is 2.20 bits per heavy atom. The zero-order valence-electron chi connectivity index (χ0n) is 9.46. The van der Waals surface area contributed by atoms with Crippen LogP contribution in [-0.4, -0.2) is 32.0 Å². The number of nitrogens with one attached hydrogen (secondary N) is 1. The molecule has 0 saturated heterocycles. The van der Waals surface area contributed by atoms with Crippen molar-refractivity contribution in [2.24, 2.45) is 0 Å². The lowest BCUT2D eigenvalue weighted by Crippen LogP contribution is -2.34. The van der Waals surface area contributed by atoms with Crippen LogP contribution in [0.3, 0.4) is 0 Å². The van der Waals surface area contributed by atoms with Gasteiger partial charge in [0.15, 0.2) is 0 Å². The molecule has 4 nitrogen and oxygen atoms in total. The van der Waals surface area contributed by atoms with E-state index in [4.69, 9.17) is 9.47 Å². The molecule has 1 rings (SSSR count). The molecule has 1 aliphatic rings. The summed E-state index contributed by atoms with van der Waals surface area (Å²) in [5.74, 6) is 0. The van der Waals surface area contributed by atoms with Crippen LogP contribution in [0.25, 0.3) is 0 Å². The van der Waals surface area contributed by atoms with Crippen LogP contribution in [0.15, 0.2) is 0 Å². The molecule has 0 aromatic rings. The summed E-state index contributed by atoms with van der Waals surface area (Å²) in [5.41, 5.74) is 0. The molecule has 0 bridgehead atoms. The van der Waals surface area contributed by atoms with Crippen molar-refractivity contribution < 1.29 is 14.3 Å². The normalized spacial score (nSPS) is 15.8. The highest BCUT2D eigenvalue weighted by Gasteiger charge is 2.21. The Kier molecular flexibility index (Phi) is 6.16. The highest BCUT2D eigenvalue weighted by molar-refractivity contribution is 5.67. The van der Waals surface area contributed by atoms with Gasteiger partial charge >= 0.3 is 6.09 Å². The van der Waals surface area contributed by atoms with Gasteiger partial charge in [0.05, 0.1) is 6.61 Å². The summed E-state index contributed by atoms with van der Waals surface area (Å²) in [6, 6.07) is 0. The highest BCUT2D eigenvalue weighted by atomic mass is 16.6. The summed E-state index contributed by atoms with van der Waals surface area (Å²) in [5, 5.41) is 2.67. The summed E-state index contributed by atoms with van der Waals surface area (Å²) >= 11 is 0. The highest BCUT2D eigenvalue weighted by Crippen LogP contribution is 2.21. The van der Waals surface area contributed by atoms with E-state index in [2.05, 4.69) is 12.2 Å². The van der Waals surface area contributed by atoms with Crippen molar-refractivity contribution in [2.75, 3.05) is 19.8 Å². The maximum Gasteiger partial charge on any atom is 0.407 e. The van der Waals surface area contributed by atoms with E-state index >= 15 is 0 Å². The van der Waals surface area contributed by atoms with Crippen molar-refractivity contribution >= 4 is 6.09 Å². The van der Waals surface area contributed by atoms with Crippen molar-refractivity contribution in [1.29, 1.82) is 0 Å². The SMILES string of the molecule is CCCCOCCNC(=O)OC1CCC1. The van der Waals surface area contributed by atoms with Gasteiger partial charge in [-0.15, -0.1) is 0 Å². The molecule has 0 unspecified atom stereocenters. The molecule has 0 radical (unpaired) electrons. The maximum absolute atomic E-state index is 11.1. The Bertz CT molecular complexity index is 181. The van der Waals surface area contributed by atoms with Crippen molar-refractivity contribution in [1.82, 2.24) is 5.32 Å². The molecule has 0 aromatic heterocycles. The fourth-order valence-electron chi connectivity index (χ4n) is 1.26. The van der Waals surface area contributed by atoms with Gasteiger partial charge in [-0.2, -0.15) is 0 Å². The number of carbonyl (C=O) groups is 1. The molecule has 88 valence electrons. The van der Waals surface area contributed by atoms with Crippen LogP contribution in [0.1, 0.15) is 39.0 Å². The molecule has 1 amide bonds. The molecule has 1 fully saturated rings. The van der Waals surface area contributed by atoms with Gasteiger partial charge in [-0.3, -0.25) is 0 Å². The second-order valence-electron chi connectivity index (χ2n) is 3.85. The van der Waals surface area contributed by atoms with Gasteiger partial charge in [0.1, 0.15) is 6.10 Å². The molecule has 0 spiro atoms. The van der Waals surface area contributed by atoms with Crippen molar-refractivity contribution in [3.05, 3.63) is 0 Å². The molecule has 1 aliphatic carbocycles. The standard InChI is InChI=1S/C11H21NO3/c1-2-3-8-14-9-7-12-11(13)15-10-5-4-6-10/h10H,2-9H2,1H3,(H,12,13). The Hall–Kier alpha value is -0.770. The molecule has 4 heteroatoms. The average molecular weight is 215 g/mol. The van der Waals surface area contributed by atoms with E-state index in [-0.39, 0.29) is 12.2 Å². The van der Waals surface area contributed by atoms with Crippen LogP contribution in [0.4, 0.5) is 4.79 Å². The molecule has 1 saturated carbocycles. The lowest BCUT2D eigenvalue weighted by atomic mass is 9.96. The van der Waals surface area contributed by atoms with Gasteiger partial charge in [0, 0.05) is 13.2 Å². The van der Waals surface area contributed by atoms with E-state index in [0.717, 1.165) is 32.3 Å². The Labute approximate surface area is 91.3 Å². The minimum absolute atomic E-state index is 0.158. The minimum Gasteiger partial charge on any atom is -0.446 e. The number of rotatable bonds is 7. The number of unbranched alkanes of at least 4 members (excludes halogenated alkanes) is 1. The molecular formula is C11H21NO3. The molecule has 15 heavy (non-hydrogen) atoms. The predicted molar refractivity (Wildman–Crippen MR) is 57.8 cm³/mol. The van der Waals surface area contributed by atoms with Gasteiger partial charge in [0.25, 0.3) is 0 Å². The summed E-state index contributed by atoms with van der Waals surface area (Å²) in [7, 11) is 0. The third kappa shape index (κ3) is 5.62. The first kappa shape index (κ1) is 12.3. The van der Waals surface area contributed by atoms with Gasteiger partial charge in [-0.25, -0.2) is 4.79 Å². The van der Waals surface area contributed by atoms with Gasteiger partial charge in [0.2, 0.25) is 0 Å². The second-order valence-corrected chi connectivity index (χ2v) is 3.85. The Morgan fingerprint density at radius 1 is 1.40 bits per heavy atom. The largest absolute Gasteiger partial charge is 0.446 e. The average Bonchev–Trinajstić information content (AvgIpc) is 2.17. The van der Waals surface area contributed by atoms with Crippen LogP contribution in [-0.2, 0) is 9.47 Å². The minimum atomic E-state index is -0.307. The third-order valence-corrected chi connectivity index (χ3v) is 2.48. The topological polar surface area (TPSA) is 47.6 Å². The first-order chi connectivity index (χ1) is 7.33. The number of hydrogen-bond acceptors (Lipinski definition) is 3. The number of ether oxygens (including phenoxy) is 2. The van der Waals surface area contributed by atoms with Crippen molar-refractivity contribution in [3.8, 4) is 0 Å². The Balaban J connectivity index is 1.83. The summed E-state index contributed by atoms with van der Waals surface area (Å²) < 4.78 is 10.4. The van der Waals surface area contributed by atoms with Gasteiger partial charge in [-0.05, 0) is 25.7 Å². The quantitative estimate of drug-likeness (QED) is 0.661. The third-order valence-electron chi connectivity index (χ3n) is 2.48. The summed E-state index contributed by atoms with van der Waals surface area (Å²) in [4.78, 5) is 11.1. The van der Waals surface area contributed by atoms with E-state index in [0.29, 0.717) is 13.2 Å². The number of alkyl carbamates (subject to hydrolysis) is 1. The van der Waals surface area contributed by atoms with Crippen LogP contribution < -0.4 is 5.32 Å². The Morgan fingerprint density at radius 3 is 2.80 bits per heavy atom. The smallest absolute Gasteiger partial charge is 0.407 e. The predicted octanol–water partition coefficient (Wildman–Crippen LogP) is 2.08. The number of amides is 1. The van der Waals surface area contributed by atoms with E-state index < -0.39 is 0 Å². The maximum atomic E-state index is 11.1. The fourth-order valence-corrected chi connectivity index (χ4v) is 1.26. The van der Waals surface area contributed by atoms with Gasteiger partial charge < -0.3 is 14.8 Å². The molecular weight excluding hydrogens is 194 g/mol. The monoisotopic (exact) mass is 215 g/mol. The lowest BCUT2D eigenvalue weighted by molar-refractivity contribution is 0.0499. The summed E-state index contributed by atoms with van der Waals surface area (Å²) in [6.45, 7) is 4.00. The van der Waals surface area contributed by atoms with E-state index in [1.54, 1.807) is 0 Å². The zero-order chi connectivity index (χ0) is 10.9. The van der Waals surface area contributed by atoms with Crippen LogP contribution in [0.5, 0.6) is 0 Å². The molecule has 0 atom stereocenters. The molecule has 1 N–H and O–H groups in total. The molecule has 0 heterocycles.